The minimum absolute atomic E-state index is 0.0155. The normalized spacial score (nSPS) is 16.1. The molecule has 0 radical (unpaired) electrons. The van der Waals surface area contributed by atoms with Crippen molar-refractivity contribution >= 4 is 23.2 Å². The molecule has 0 unspecified atom stereocenters. The molecule has 1 aromatic rings. The van der Waals surface area contributed by atoms with Crippen molar-refractivity contribution in [2.75, 3.05) is 11.4 Å². The molecule has 0 aliphatic carbocycles. The molecule has 1 aliphatic rings. The minimum atomic E-state index is -0.510. The first-order chi connectivity index (χ1) is 7.65. The fourth-order valence-electron chi connectivity index (χ4n) is 2.10. The molecule has 0 bridgehead atoms. The van der Waals surface area contributed by atoms with E-state index in [1.54, 1.807) is 11.8 Å². The van der Waals surface area contributed by atoms with Gasteiger partial charge in [-0.2, -0.15) is 0 Å². The van der Waals surface area contributed by atoms with Gasteiger partial charge in [0.1, 0.15) is 5.38 Å². The number of benzene rings is 1. The van der Waals surface area contributed by atoms with Crippen molar-refractivity contribution in [3.63, 3.8) is 0 Å². The van der Waals surface area contributed by atoms with Crippen LogP contribution in [0.2, 0.25) is 0 Å². The largest absolute Gasteiger partial charge is 0.392 e. The molecule has 4 heteroatoms. The molecule has 0 fully saturated rings. The van der Waals surface area contributed by atoms with Crippen LogP contribution in [0.5, 0.6) is 0 Å². The van der Waals surface area contributed by atoms with Gasteiger partial charge < -0.3 is 10.0 Å². The Labute approximate surface area is 99.6 Å². The maximum absolute atomic E-state index is 11.8. The maximum atomic E-state index is 11.8. The SMILES string of the molecule is C[C@H](Cl)C(=O)N1CCc2c(CO)cccc21. The van der Waals surface area contributed by atoms with E-state index in [0.717, 1.165) is 23.2 Å². The lowest BCUT2D eigenvalue weighted by Gasteiger charge is -2.18. The van der Waals surface area contributed by atoms with Crippen LogP contribution in [0.15, 0.2) is 18.2 Å². The van der Waals surface area contributed by atoms with Crippen molar-refractivity contribution < 1.29 is 9.90 Å². The van der Waals surface area contributed by atoms with E-state index in [1.165, 1.54) is 0 Å². The summed E-state index contributed by atoms with van der Waals surface area (Å²) in [5.74, 6) is -0.0736. The van der Waals surface area contributed by atoms with Crippen LogP contribution in [0.25, 0.3) is 0 Å². The molecule has 1 amide bonds. The number of amides is 1. The lowest BCUT2D eigenvalue weighted by atomic mass is 10.1. The Morgan fingerprint density at radius 3 is 3.00 bits per heavy atom. The van der Waals surface area contributed by atoms with Crippen LogP contribution in [-0.4, -0.2) is 22.9 Å². The molecule has 0 spiro atoms. The number of alkyl halides is 1. The zero-order valence-corrected chi connectivity index (χ0v) is 9.87. The highest BCUT2D eigenvalue weighted by Crippen LogP contribution is 2.31. The van der Waals surface area contributed by atoms with E-state index < -0.39 is 5.38 Å². The third kappa shape index (κ3) is 1.81. The number of nitrogens with zero attached hydrogens (tertiary/aromatic N) is 1. The second-order valence-electron chi connectivity index (χ2n) is 3.93. The molecular weight excluding hydrogens is 226 g/mol. The quantitative estimate of drug-likeness (QED) is 0.798. The van der Waals surface area contributed by atoms with Crippen LogP contribution in [0.4, 0.5) is 5.69 Å². The third-order valence-electron chi connectivity index (χ3n) is 2.90. The summed E-state index contributed by atoms with van der Waals surface area (Å²) in [7, 11) is 0. The molecule has 1 aromatic carbocycles. The Balaban J connectivity index is 2.37. The maximum Gasteiger partial charge on any atom is 0.244 e. The zero-order chi connectivity index (χ0) is 11.7. The summed E-state index contributed by atoms with van der Waals surface area (Å²) in [6.07, 6.45) is 0.793. The minimum Gasteiger partial charge on any atom is -0.392 e. The average Bonchev–Trinajstić information content (AvgIpc) is 2.71. The van der Waals surface area contributed by atoms with Gasteiger partial charge in [0, 0.05) is 12.2 Å². The molecule has 3 nitrogen and oxygen atoms in total. The summed E-state index contributed by atoms with van der Waals surface area (Å²) >= 11 is 5.81. The predicted octanol–water partition coefficient (Wildman–Crippen LogP) is 1.70. The number of rotatable bonds is 2. The highest BCUT2D eigenvalue weighted by Gasteiger charge is 2.28. The van der Waals surface area contributed by atoms with Crippen LogP contribution in [0, 0.1) is 0 Å². The van der Waals surface area contributed by atoms with Crippen molar-refractivity contribution in [3.05, 3.63) is 29.3 Å². The van der Waals surface area contributed by atoms with E-state index in [9.17, 15) is 9.90 Å². The topological polar surface area (TPSA) is 40.5 Å². The molecule has 16 heavy (non-hydrogen) atoms. The number of aliphatic hydroxyl groups excluding tert-OH is 1. The van der Waals surface area contributed by atoms with E-state index in [-0.39, 0.29) is 12.5 Å². The van der Waals surface area contributed by atoms with Crippen LogP contribution in [0.3, 0.4) is 0 Å². The van der Waals surface area contributed by atoms with Gasteiger partial charge in [0.15, 0.2) is 0 Å². The second-order valence-corrected chi connectivity index (χ2v) is 4.58. The molecule has 1 aliphatic heterocycles. The fourth-order valence-corrected chi connectivity index (χ4v) is 2.22. The summed E-state index contributed by atoms with van der Waals surface area (Å²) in [4.78, 5) is 13.5. The van der Waals surface area contributed by atoms with Gasteiger partial charge in [0.25, 0.3) is 0 Å². The lowest BCUT2D eigenvalue weighted by molar-refractivity contribution is -0.117. The molecule has 0 saturated heterocycles. The van der Waals surface area contributed by atoms with Crippen molar-refractivity contribution in [2.24, 2.45) is 0 Å². The Morgan fingerprint density at radius 2 is 2.38 bits per heavy atom. The molecule has 2 rings (SSSR count). The molecular formula is C12H14ClNO2. The number of hydrogen-bond donors (Lipinski definition) is 1. The predicted molar refractivity (Wildman–Crippen MR) is 63.7 cm³/mol. The molecule has 1 N–H and O–H groups in total. The Morgan fingerprint density at radius 1 is 1.62 bits per heavy atom. The first-order valence-corrected chi connectivity index (χ1v) is 5.76. The Hall–Kier alpha value is -1.06. The monoisotopic (exact) mass is 239 g/mol. The van der Waals surface area contributed by atoms with E-state index in [0.29, 0.717) is 6.54 Å². The number of hydrogen-bond acceptors (Lipinski definition) is 2. The summed E-state index contributed by atoms with van der Waals surface area (Å²) in [6, 6.07) is 5.64. The number of carbonyl (C=O) groups excluding carboxylic acids is 1. The van der Waals surface area contributed by atoms with Crippen LogP contribution < -0.4 is 4.90 Å². The Kier molecular flexibility index (Phi) is 3.17. The number of carbonyl (C=O) groups is 1. The van der Waals surface area contributed by atoms with Crippen LogP contribution >= 0.6 is 11.6 Å². The third-order valence-corrected chi connectivity index (χ3v) is 3.09. The standard InChI is InChI=1S/C12H14ClNO2/c1-8(13)12(16)14-6-5-10-9(7-15)3-2-4-11(10)14/h2-4,8,15H,5-7H2,1H3/t8-/m0/s1. The van der Waals surface area contributed by atoms with Gasteiger partial charge in [-0.05, 0) is 30.5 Å². The van der Waals surface area contributed by atoms with Gasteiger partial charge in [-0.25, -0.2) is 0 Å². The van der Waals surface area contributed by atoms with Gasteiger partial charge in [0.2, 0.25) is 5.91 Å². The molecule has 1 heterocycles. The molecule has 0 aromatic heterocycles. The summed E-state index contributed by atoms with van der Waals surface area (Å²) in [5.41, 5.74) is 2.86. The molecule has 1 atom stereocenters. The lowest BCUT2D eigenvalue weighted by Crippen LogP contribution is -2.34. The highest BCUT2D eigenvalue weighted by molar-refractivity contribution is 6.32. The van der Waals surface area contributed by atoms with Crippen molar-refractivity contribution in [3.8, 4) is 0 Å². The number of anilines is 1. The van der Waals surface area contributed by atoms with E-state index in [2.05, 4.69) is 0 Å². The first-order valence-electron chi connectivity index (χ1n) is 5.32. The number of aliphatic hydroxyl groups is 1. The van der Waals surface area contributed by atoms with E-state index in [1.807, 2.05) is 18.2 Å². The van der Waals surface area contributed by atoms with Crippen molar-refractivity contribution in [1.29, 1.82) is 0 Å². The van der Waals surface area contributed by atoms with Gasteiger partial charge in [-0.3, -0.25) is 4.79 Å². The molecule has 86 valence electrons. The zero-order valence-electron chi connectivity index (χ0n) is 9.11. The summed E-state index contributed by atoms with van der Waals surface area (Å²) in [6.45, 7) is 2.35. The number of fused-ring (bicyclic) bond motifs is 1. The van der Waals surface area contributed by atoms with Crippen LogP contribution in [-0.2, 0) is 17.8 Å². The van der Waals surface area contributed by atoms with Gasteiger partial charge in [-0.15, -0.1) is 11.6 Å². The van der Waals surface area contributed by atoms with E-state index >= 15 is 0 Å². The molecule has 0 saturated carbocycles. The second kappa shape index (κ2) is 4.44. The van der Waals surface area contributed by atoms with Crippen LogP contribution in [0.1, 0.15) is 18.1 Å². The summed E-state index contributed by atoms with van der Waals surface area (Å²) < 4.78 is 0. The first kappa shape index (κ1) is 11.4. The van der Waals surface area contributed by atoms with Gasteiger partial charge in [0.05, 0.1) is 6.61 Å². The summed E-state index contributed by atoms with van der Waals surface area (Å²) in [5, 5.41) is 8.70. The fraction of sp³-hybridized carbons (Fsp3) is 0.417. The van der Waals surface area contributed by atoms with Crippen molar-refractivity contribution in [1.82, 2.24) is 0 Å². The smallest absolute Gasteiger partial charge is 0.244 e. The number of halogens is 1. The van der Waals surface area contributed by atoms with E-state index in [4.69, 9.17) is 11.6 Å². The Bertz CT molecular complexity index is 417. The average molecular weight is 240 g/mol. The van der Waals surface area contributed by atoms with Gasteiger partial charge >= 0.3 is 0 Å². The van der Waals surface area contributed by atoms with Crippen molar-refractivity contribution in [2.45, 2.75) is 25.3 Å². The highest BCUT2D eigenvalue weighted by atomic mass is 35.5. The van der Waals surface area contributed by atoms with Gasteiger partial charge in [-0.1, -0.05) is 12.1 Å².